The van der Waals surface area contributed by atoms with Gasteiger partial charge in [0, 0.05) is 5.56 Å². The Balaban J connectivity index is 2.16. The smallest absolute Gasteiger partial charge is 0.255 e. The number of phenols is 1. The summed E-state index contributed by atoms with van der Waals surface area (Å²) in [6.07, 6.45) is 0. The van der Waals surface area contributed by atoms with Crippen molar-refractivity contribution < 1.29 is 19.0 Å². The fourth-order valence-corrected chi connectivity index (χ4v) is 1.69. The Morgan fingerprint density at radius 2 is 1.95 bits per heavy atom. The zero-order valence-corrected chi connectivity index (χ0v) is 10.9. The van der Waals surface area contributed by atoms with Crippen molar-refractivity contribution in [2.24, 2.45) is 0 Å². The highest BCUT2D eigenvalue weighted by atomic mass is 19.1. The number of carbonyl (C=O) groups excluding carboxylic acids is 1. The summed E-state index contributed by atoms with van der Waals surface area (Å²) >= 11 is 0. The number of nitrogens with one attached hydrogen (secondary N) is 1. The quantitative estimate of drug-likeness (QED) is 0.842. The number of carbonyl (C=O) groups is 1. The minimum atomic E-state index is -0.690. The molecule has 0 atom stereocenters. The average Bonchev–Trinajstić information content (AvgIpc) is 2.44. The molecule has 0 radical (unpaired) electrons. The molecular formula is C15H14FNO3. The monoisotopic (exact) mass is 275 g/mol. The Hall–Kier alpha value is -2.56. The summed E-state index contributed by atoms with van der Waals surface area (Å²) in [5, 5.41) is 11.9. The first-order valence-corrected chi connectivity index (χ1v) is 6.13. The van der Waals surface area contributed by atoms with E-state index in [4.69, 9.17) is 4.74 Å². The van der Waals surface area contributed by atoms with Gasteiger partial charge in [0.1, 0.15) is 17.2 Å². The molecule has 0 saturated carbocycles. The lowest BCUT2D eigenvalue weighted by Gasteiger charge is -2.09. The molecule has 1 amide bonds. The second kappa shape index (κ2) is 6.06. The lowest BCUT2D eigenvalue weighted by molar-refractivity contribution is 0.102. The minimum Gasteiger partial charge on any atom is -0.506 e. The molecule has 0 aliphatic carbocycles. The van der Waals surface area contributed by atoms with Crippen LogP contribution >= 0.6 is 0 Å². The predicted molar refractivity (Wildman–Crippen MR) is 73.6 cm³/mol. The van der Waals surface area contributed by atoms with Gasteiger partial charge in [-0.15, -0.1) is 0 Å². The molecular weight excluding hydrogens is 261 g/mol. The molecule has 0 saturated heterocycles. The SMILES string of the molecule is CCOc1ccc(C(=O)Nc2c(O)cccc2F)cc1. The molecule has 2 aromatic rings. The third-order valence-corrected chi connectivity index (χ3v) is 2.66. The average molecular weight is 275 g/mol. The highest BCUT2D eigenvalue weighted by Gasteiger charge is 2.12. The fraction of sp³-hybridized carbons (Fsp3) is 0.133. The molecule has 0 heterocycles. The molecule has 20 heavy (non-hydrogen) atoms. The van der Waals surface area contributed by atoms with E-state index in [1.165, 1.54) is 12.1 Å². The molecule has 0 unspecified atom stereocenters. The number of anilines is 1. The van der Waals surface area contributed by atoms with Gasteiger partial charge >= 0.3 is 0 Å². The van der Waals surface area contributed by atoms with E-state index in [9.17, 15) is 14.3 Å². The first-order valence-electron chi connectivity index (χ1n) is 6.13. The summed E-state index contributed by atoms with van der Waals surface area (Å²) in [6, 6.07) is 10.3. The van der Waals surface area contributed by atoms with Crippen LogP contribution in [0.3, 0.4) is 0 Å². The topological polar surface area (TPSA) is 58.6 Å². The molecule has 2 N–H and O–H groups in total. The molecule has 104 valence electrons. The number of rotatable bonds is 4. The third kappa shape index (κ3) is 3.06. The van der Waals surface area contributed by atoms with Crippen molar-refractivity contribution in [1.82, 2.24) is 0 Å². The van der Waals surface area contributed by atoms with Gasteiger partial charge in [-0.25, -0.2) is 4.39 Å². The van der Waals surface area contributed by atoms with Crippen LogP contribution in [-0.4, -0.2) is 17.6 Å². The molecule has 0 aromatic heterocycles. The number of halogens is 1. The van der Waals surface area contributed by atoms with Crippen LogP contribution in [0.25, 0.3) is 0 Å². The highest BCUT2D eigenvalue weighted by molar-refractivity contribution is 6.05. The van der Waals surface area contributed by atoms with Crippen LogP contribution in [0.15, 0.2) is 42.5 Å². The van der Waals surface area contributed by atoms with Crippen molar-refractivity contribution in [2.45, 2.75) is 6.92 Å². The molecule has 0 aliphatic rings. The van der Waals surface area contributed by atoms with Crippen molar-refractivity contribution in [1.29, 1.82) is 0 Å². The maximum Gasteiger partial charge on any atom is 0.255 e. The third-order valence-electron chi connectivity index (χ3n) is 2.66. The summed E-state index contributed by atoms with van der Waals surface area (Å²) < 4.78 is 18.8. The van der Waals surface area contributed by atoms with Crippen LogP contribution in [0.2, 0.25) is 0 Å². The van der Waals surface area contributed by atoms with E-state index in [1.807, 2.05) is 6.92 Å². The van der Waals surface area contributed by atoms with Crippen LogP contribution in [0.5, 0.6) is 11.5 Å². The lowest BCUT2D eigenvalue weighted by Crippen LogP contribution is -2.13. The van der Waals surface area contributed by atoms with Gasteiger partial charge in [0.15, 0.2) is 5.82 Å². The van der Waals surface area contributed by atoms with Crippen molar-refractivity contribution in [2.75, 3.05) is 11.9 Å². The summed E-state index contributed by atoms with van der Waals surface area (Å²) in [5.74, 6) is -0.861. The van der Waals surface area contributed by atoms with E-state index < -0.39 is 11.7 Å². The van der Waals surface area contributed by atoms with Gasteiger partial charge in [-0.2, -0.15) is 0 Å². The summed E-state index contributed by atoms with van der Waals surface area (Å²) in [5.41, 5.74) is 0.113. The molecule has 0 spiro atoms. The van der Waals surface area contributed by atoms with E-state index in [0.717, 1.165) is 6.07 Å². The number of hydrogen-bond acceptors (Lipinski definition) is 3. The normalized spacial score (nSPS) is 10.1. The van der Waals surface area contributed by atoms with Crippen LogP contribution in [0.1, 0.15) is 17.3 Å². The first-order chi connectivity index (χ1) is 9.61. The number of aromatic hydroxyl groups is 1. The van der Waals surface area contributed by atoms with Gasteiger partial charge in [-0.05, 0) is 43.3 Å². The molecule has 0 aliphatic heterocycles. The number of para-hydroxylation sites is 1. The van der Waals surface area contributed by atoms with Gasteiger partial charge in [-0.3, -0.25) is 4.79 Å². The molecule has 5 heteroatoms. The predicted octanol–water partition coefficient (Wildman–Crippen LogP) is 3.18. The highest BCUT2D eigenvalue weighted by Crippen LogP contribution is 2.26. The number of ether oxygens (including phenoxy) is 1. The number of benzene rings is 2. The van der Waals surface area contributed by atoms with Crippen LogP contribution in [0, 0.1) is 5.82 Å². The summed E-state index contributed by atoms with van der Waals surface area (Å²) in [6.45, 7) is 2.40. The van der Waals surface area contributed by atoms with Gasteiger partial charge < -0.3 is 15.2 Å². The zero-order chi connectivity index (χ0) is 14.5. The van der Waals surface area contributed by atoms with Crippen molar-refractivity contribution in [3.05, 3.63) is 53.8 Å². The summed E-state index contributed by atoms with van der Waals surface area (Å²) in [4.78, 5) is 12.0. The number of amides is 1. The van der Waals surface area contributed by atoms with E-state index in [0.29, 0.717) is 17.9 Å². The zero-order valence-electron chi connectivity index (χ0n) is 10.9. The largest absolute Gasteiger partial charge is 0.506 e. The molecule has 2 aromatic carbocycles. The van der Waals surface area contributed by atoms with Crippen molar-refractivity contribution in [3.8, 4) is 11.5 Å². The Kier molecular flexibility index (Phi) is 4.20. The Bertz CT molecular complexity index is 591. The van der Waals surface area contributed by atoms with Crippen molar-refractivity contribution >= 4 is 11.6 Å². The van der Waals surface area contributed by atoms with Crippen LogP contribution in [0.4, 0.5) is 10.1 Å². The van der Waals surface area contributed by atoms with Gasteiger partial charge in [0.2, 0.25) is 0 Å². The Labute approximate surface area is 115 Å². The Morgan fingerprint density at radius 1 is 1.25 bits per heavy atom. The van der Waals surface area contributed by atoms with E-state index in [2.05, 4.69) is 5.32 Å². The van der Waals surface area contributed by atoms with E-state index in [-0.39, 0.29) is 11.4 Å². The fourth-order valence-electron chi connectivity index (χ4n) is 1.69. The molecule has 4 nitrogen and oxygen atoms in total. The maximum absolute atomic E-state index is 13.5. The number of hydrogen-bond donors (Lipinski definition) is 2. The van der Waals surface area contributed by atoms with E-state index in [1.54, 1.807) is 24.3 Å². The summed E-state index contributed by atoms with van der Waals surface area (Å²) in [7, 11) is 0. The van der Waals surface area contributed by atoms with Crippen LogP contribution in [-0.2, 0) is 0 Å². The van der Waals surface area contributed by atoms with Crippen LogP contribution < -0.4 is 10.1 Å². The maximum atomic E-state index is 13.5. The second-order valence-electron chi connectivity index (χ2n) is 4.05. The van der Waals surface area contributed by atoms with Crippen molar-refractivity contribution in [3.63, 3.8) is 0 Å². The second-order valence-corrected chi connectivity index (χ2v) is 4.05. The lowest BCUT2D eigenvalue weighted by atomic mass is 10.2. The molecule has 2 rings (SSSR count). The van der Waals surface area contributed by atoms with E-state index >= 15 is 0 Å². The minimum absolute atomic E-state index is 0.230. The Morgan fingerprint density at radius 3 is 2.55 bits per heavy atom. The van der Waals surface area contributed by atoms with Gasteiger partial charge in [0.05, 0.1) is 6.61 Å². The standard InChI is InChI=1S/C15H14FNO3/c1-2-20-11-8-6-10(7-9-11)15(19)17-14-12(16)4-3-5-13(14)18/h3-9,18H,2H2,1H3,(H,17,19). The number of phenolic OH excluding ortho intramolecular Hbond substituents is 1. The van der Waals surface area contributed by atoms with Gasteiger partial charge in [0.25, 0.3) is 5.91 Å². The van der Waals surface area contributed by atoms with Gasteiger partial charge in [-0.1, -0.05) is 6.07 Å². The molecule has 0 fully saturated rings. The molecule has 0 bridgehead atoms. The first kappa shape index (κ1) is 13.9.